The number of carbonyl (C=O) groups is 1. The van der Waals surface area contributed by atoms with Gasteiger partial charge in [-0.1, -0.05) is 32.0 Å². The number of rotatable bonds is 4. The summed E-state index contributed by atoms with van der Waals surface area (Å²) in [5, 5.41) is 3.62. The number of nitrogens with one attached hydrogen (secondary N) is 1. The Hall–Kier alpha value is -1.51. The summed E-state index contributed by atoms with van der Waals surface area (Å²) in [6.45, 7) is 4.64. The largest absolute Gasteiger partial charge is 0.382 e. The Morgan fingerprint density at radius 2 is 2.05 bits per heavy atom. The van der Waals surface area contributed by atoms with Crippen LogP contribution in [0, 0.1) is 11.8 Å². The standard InChI is InChI=1S/C16H24N2O/c1-11-7-8-14(12(2)9-11)18-15-6-4-3-5-13(15)10-16(17)19/h3-6,11-12,14,18H,7-10H2,1-2H3,(H2,17,19). The molecular formula is C16H24N2O. The quantitative estimate of drug-likeness (QED) is 0.874. The molecule has 1 fully saturated rings. The van der Waals surface area contributed by atoms with Gasteiger partial charge in [0.1, 0.15) is 0 Å². The molecule has 0 heterocycles. The van der Waals surface area contributed by atoms with Gasteiger partial charge >= 0.3 is 0 Å². The van der Waals surface area contributed by atoms with E-state index < -0.39 is 0 Å². The van der Waals surface area contributed by atoms with Crippen molar-refractivity contribution < 1.29 is 4.79 Å². The zero-order valence-electron chi connectivity index (χ0n) is 11.9. The second kappa shape index (κ2) is 6.09. The third-order valence-electron chi connectivity index (χ3n) is 4.15. The number of nitrogens with two attached hydrogens (primary N) is 1. The maximum atomic E-state index is 11.1. The number of hydrogen-bond acceptors (Lipinski definition) is 2. The van der Waals surface area contributed by atoms with Gasteiger partial charge in [-0.05, 0) is 42.7 Å². The van der Waals surface area contributed by atoms with Crippen LogP contribution in [0.4, 0.5) is 5.69 Å². The predicted octanol–water partition coefficient (Wildman–Crippen LogP) is 2.95. The fraction of sp³-hybridized carbons (Fsp3) is 0.562. The van der Waals surface area contributed by atoms with Gasteiger partial charge in [0.2, 0.25) is 5.91 Å². The molecule has 0 spiro atoms. The first-order chi connectivity index (χ1) is 9.06. The van der Waals surface area contributed by atoms with Crippen LogP contribution in [-0.2, 0) is 11.2 Å². The van der Waals surface area contributed by atoms with Crippen molar-refractivity contribution in [1.29, 1.82) is 0 Å². The molecule has 3 N–H and O–H groups in total. The molecule has 0 aliphatic heterocycles. The fourth-order valence-electron chi connectivity index (χ4n) is 3.08. The van der Waals surface area contributed by atoms with E-state index in [0.717, 1.165) is 17.2 Å². The van der Waals surface area contributed by atoms with Crippen LogP contribution in [0.25, 0.3) is 0 Å². The third kappa shape index (κ3) is 3.72. The van der Waals surface area contributed by atoms with Gasteiger partial charge in [0.15, 0.2) is 0 Å². The summed E-state index contributed by atoms with van der Waals surface area (Å²) in [4.78, 5) is 11.1. The minimum atomic E-state index is -0.278. The van der Waals surface area contributed by atoms with E-state index in [1.54, 1.807) is 0 Å². The maximum absolute atomic E-state index is 11.1. The van der Waals surface area contributed by atoms with Crippen molar-refractivity contribution in [2.75, 3.05) is 5.32 Å². The Balaban J connectivity index is 2.08. The Bertz CT molecular complexity index is 444. The van der Waals surface area contributed by atoms with E-state index in [2.05, 4.69) is 19.2 Å². The van der Waals surface area contributed by atoms with Crippen LogP contribution in [0.2, 0.25) is 0 Å². The van der Waals surface area contributed by atoms with Gasteiger partial charge in [-0.3, -0.25) is 4.79 Å². The molecule has 1 saturated carbocycles. The minimum Gasteiger partial charge on any atom is -0.382 e. The highest BCUT2D eigenvalue weighted by atomic mass is 16.1. The highest BCUT2D eigenvalue weighted by Gasteiger charge is 2.25. The average Bonchev–Trinajstić information content (AvgIpc) is 2.34. The SMILES string of the molecule is CC1CCC(Nc2ccccc2CC(N)=O)C(C)C1. The van der Waals surface area contributed by atoms with Crippen LogP contribution in [0.5, 0.6) is 0 Å². The first kappa shape index (κ1) is 13.9. The van der Waals surface area contributed by atoms with Crippen molar-refractivity contribution in [3.63, 3.8) is 0 Å². The Kier molecular flexibility index (Phi) is 4.46. The summed E-state index contributed by atoms with van der Waals surface area (Å²) < 4.78 is 0. The Morgan fingerprint density at radius 3 is 2.74 bits per heavy atom. The summed E-state index contributed by atoms with van der Waals surface area (Å²) in [5.41, 5.74) is 7.37. The van der Waals surface area contributed by atoms with Crippen LogP contribution < -0.4 is 11.1 Å². The van der Waals surface area contributed by atoms with Crippen molar-refractivity contribution in [3.05, 3.63) is 29.8 Å². The molecule has 0 radical (unpaired) electrons. The van der Waals surface area contributed by atoms with Gasteiger partial charge in [0, 0.05) is 11.7 Å². The van der Waals surface area contributed by atoms with E-state index in [0.29, 0.717) is 18.4 Å². The minimum absolute atomic E-state index is 0.278. The Morgan fingerprint density at radius 1 is 1.32 bits per heavy atom. The smallest absolute Gasteiger partial charge is 0.221 e. The maximum Gasteiger partial charge on any atom is 0.221 e. The third-order valence-corrected chi connectivity index (χ3v) is 4.15. The van der Waals surface area contributed by atoms with Gasteiger partial charge in [-0.15, -0.1) is 0 Å². The second-order valence-electron chi connectivity index (χ2n) is 5.95. The van der Waals surface area contributed by atoms with Gasteiger partial charge in [0.25, 0.3) is 0 Å². The number of primary amides is 1. The highest BCUT2D eigenvalue weighted by molar-refractivity contribution is 5.78. The van der Waals surface area contributed by atoms with Crippen LogP contribution in [0.1, 0.15) is 38.7 Å². The second-order valence-corrected chi connectivity index (χ2v) is 5.95. The van der Waals surface area contributed by atoms with Gasteiger partial charge in [0.05, 0.1) is 6.42 Å². The van der Waals surface area contributed by atoms with Gasteiger partial charge in [-0.25, -0.2) is 0 Å². The number of benzene rings is 1. The number of anilines is 1. The summed E-state index contributed by atoms with van der Waals surface area (Å²) in [5.74, 6) is 1.22. The van der Waals surface area contributed by atoms with E-state index in [1.165, 1.54) is 19.3 Å². The normalized spacial score (nSPS) is 26.9. The molecule has 0 saturated heterocycles. The lowest BCUT2D eigenvalue weighted by molar-refractivity contribution is -0.117. The number of hydrogen-bond donors (Lipinski definition) is 2. The monoisotopic (exact) mass is 260 g/mol. The molecule has 1 aliphatic rings. The summed E-state index contributed by atoms with van der Waals surface area (Å²) in [6.07, 6.45) is 4.06. The van der Waals surface area contributed by atoms with Crippen molar-refractivity contribution >= 4 is 11.6 Å². The van der Waals surface area contributed by atoms with Crippen molar-refractivity contribution in [1.82, 2.24) is 0 Å². The van der Waals surface area contributed by atoms with Crippen LogP contribution in [-0.4, -0.2) is 11.9 Å². The van der Waals surface area contributed by atoms with E-state index >= 15 is 0 Å². The molecular weight excluding hydrogens is 236 g/mol. The highest BCUT2D eigenvalue weighted by Crippen LogP contribution is 2.31. The van der Waals surface area contributed by atoms with Gasteiger partial charge < -0.3 is 11.1 Å². The van der Waals surface area contributed by atoms with Crippen molar-refractivity contribution in [3.8, 4) is 0 Å². The molecule has 1 aromatic carbocycles. The lowest BCUT2D eigenvalue weighted by Crippen LogP contribution is -2.33. The molecule has 3 atom stereocenters. The molecule has 104 valence electrons. The van der Waals surface area contributed by atoms with Crippen LogP contribution >= 0.6 is 0 Å². The molecule has 3 nitrogen and oxygen atoms in total. The van der Waals surface area contributed by atoms with Crippen LogP contribution in [0.15, 0.2) is 24.3 Å². The number of para-hydroxylation sites is 1. The summed E-state index contributed by atoms with van der Waals surface area (Å²) in [7, 11) is 0. The predicted molar refractivity (Wildman–Crippen MR) is 78.9 cm³/mol. The fourth-order valence-corrected chi connectivity index (χ4v) is 3.08. The average molecular weight is 260 g/mol. The lowest BCUT2D eigenvalue weighted by Gasteiger charge is -2.34. The molecule has 2 rings (SSSR count). The summed E-state index contributed by atoms with van der Waals surface area (Å²) >= 11 is 0. The number of carbonyl (C=O) groups excluding carboxylic acids is 1. The van der Waals surface area contributed by atoms with Crippen molar-refractivity contribution in [2.45, 2.75) is 45.6 Å². The molecule has 0 aromatic heterocycles. The van der Waals surface area contributed by atoms with E-state index in [1.807, 2.05) is 24.3 Å². The first-order valence-electron chi connectivity index (χ1n) is 7.19. The molecule has 19 heavy (non-hydrogen) atoms. The van der Waals surface area contributed by atoms with Crippen molar-refractivity contribution in [2.24, 2.45) is 17.6 Å². The topological polar surface area (TPSA) is 55.1 Å². The van der Waals surface area contributed by atoms with Crippen LogP contribution in [0.3, 0.4) is 0 Å². The number of amides is 1. The zero-order chi connectivity index (χ0) is 13.8. The molecule has 0 bridgehead atoms. The van der Waals surface area contributed by atoms with E-state index in [4.69, 9.17) is 5.73 Å². The first-order valence-corrected chi connectivity index (χ1v) is 7.19. The lowest BCUT2D eigenvalue weighted by atomic mass is 9.79. The van der Waals surface area contributed by atoms with Gasteiger partial charge in [-0.2, -0.15) is 0 Å². The zero-order valence-corrected chi connectivity index (χ0v) is 11.9. The molecule has 1 amide bonds. The molecule has 1 aliphatic carbocycles. The molecule has 3 unspecified atom stereocenters. The Labute approximate surface area is 115 Å². The molecule has 1 aromatic rings. The molecule has 3 heteroatoms. The van der Waals surface area contributed by atoms with E-state index in [9.17, 15) is 4.79 Å². The summed E-state index contributed by atoms with van der Waals surface area (Å²) in [6, 6.07) is 8.48. The van der Waals surface area contributed by atoms with E-state index in [-0.39, 0.29) is 5.91 Å².